The van der Waals surface area contributed by atoms with Gasteiger partial charge in [0.2, 0.25) is 0 Å². The third-order valence-corrected chi connectivity index (χ3v) is 12.5. The maximum Gasteiger partial charge on any atom is 0.164 e. The van der Waals surface area contributed by atoms with Gasteiger partial charge in [0.05, 0.1) is 0 Å². The van der Waals surface area contributed by atoms with E-state index in [1.165, 1.54) is 33.0 Å². The molecule has 58 heavy (non-hydrogen) atoms. The number of rotatable bonds is 4. The molecule has 0 aliphatic carbocycles. The first-order valence-electron chi connectivity index (χ1n) is 20.0. The summed E-state index contributed by atoms with van der Waals surface area (Å²) < 4.78 is 6.70. The van der Waals surface area contributed by atoms with Crippen molar-refractivity contribution in [2.75, 3.05) is 4.90 Å². The molecule has 2 aliphatic rings. The van der Waals surface area contributed by atoms with E-state index in [2.05, 4.69) is 170 Å². The Balaban J connectivity index is 1.31. The highest BCUT2D eigenvalue weighted by Crippen LogP contribution is 2.58. The first-order chi connectivity index (χ1) is 28.7. The first-order valence-corrected chi connectivity index (χ1v) is 20.0. The molecule has 0 N–H and O–H groups in total. The number of anilines is 2. The Bertz CT molecular complexity index is 3230. The van der Waals surface area contributed by atoms with Crippen LogP contribution in [0, 0.1) is 0 Å². The van der Waals surface area contributed by atoms with Crippen molar-refractivity contribution in [3.8, 4) is 33.9 Å². The Morgan fingerprint density at radius 1 is 0.569 bits per heavy atom. The van der Waals surface area contributed by atoms with E-state index in [0.717, 1.165) is 62.0 Å². The quantitative estimate of drug-likeness (QED) is 0.180. The molecule has 2 bridgehead atoms. The fourth-order valence-electron chi connectivity index (χ4n) is 10.0. The van der Waals surface area contributed by atoms with Crippen LogP contribution in [-0.4, -0.2) is 15.0 Å². The molecule has 2 aromatic heterocycles. The lowest BCUT2D eigenvalue weighted by Crippen LogP contribution is -2.51. The van der Waals surface area contributed by atoms with Crippen LogP contribution in [0.15, 0.2) is 186 Å². The smallest absolute Gasteiger partial charge is 0.164 e. The molecular weight excluding hydrogens is 709 g/mol. The topological polar surface area (TPSA) is 55.1 Å². The van der Waals surface area contributed by atoms with Crippen LogP contribution in [0.5, 0.6) is 0 Å². The van der Waals surface area contributed by atoms with Crippen LogP contribution in [0.4, 0.5) is 11.4 Å². The summed E-state index contributed by atoms with van der Waals surface area (Å²) in [6, 6.07) is 65.0. The van der Waals surface area contributed by atoms with E-state index < -0.39 is 5.54 Å². The molecule has 0 saturated carbocycles. The standard InChI is InChI=1S/C53H36N4O/c1-33-39-26-15-29-45-48(39)49-41(27-16-30-46(49)58-45)51-54-50(35-19-7-3-8-20-35)55-52(56-51)53(33,38-23-9-4-10-24-38)57-43-28-14-12-22-37(43)31-42-44(57)32-36-21-11-13-25-40(36)47(42)34-17-5-2-6-18-34/h2-30,32-33H,31H2,1H3. The second kappa shape index (κ2) is 12.6. The van der Waals surface area contributed by atoms with Gasteiger partial charge in [0.1, 0.15) is 16.7 Å². The third kappa shape index (κ3) is 4.61. The highest BCUT2D eigenvalue weighted by Gasteiger charge is 2.53. The Morgan fingerprint density at radius 3 is 2.03 bits per heavy atom. The summed E-state index contributed by atoms with van der Waals surface area (Å²) in [5.74, 6) is 1.71. The molecular formula is C53H36N4O. The molecule has 0 spiro atoms. The summed E-state index contributed by atoms with van der Waals surface area (Å²) in [5.41, 5.74) is 12.0. The number of hydrogen-bond acceptors (Lipinski definition) is 5. The monoisotopic (exact) mass is 744 g/mol. The number of furan rings is 1. The fraction of sp³-hybridized carbons (Fsp3) is 0.0755. The number of benzene rings is 8. The van der Waals surface area contributed by atoms with Crippen LogP contribution in [0.1, 0.15) is 40.9 Å². The predicted octanol–water partition coefficient (Wildman–Crippen LogP) is 13.0. The minimum absolute atomic E-state index is 0.227. The van der Waals surface area contributed by atoms with Gasteiger partial charge in [-0.3, -0.25) is 0 Å². The average molecular weight is 745 g/mol. The summed E-state index contributed by atoms with van der Waals surface area (Å²) >= 11 is 0. The summed E-state index contributed by atoms with van der Waals surface area (Å²) in [5, 5.41) is 4.52. The van der Waals surface area contributed by atoms with E-state index in [1.807, 2.05) is 24.3 Å². The van der Waals surface area contributed by atoms with Crippen LogP contribution in [-0.2, 0) is 12.0 Å². The second-order valence-electron chi connectivity index (χ2n) is 15.5. The van der Waals surface area contributed by atoms with Crippen LogP contribution >= 0.6 is 0 Å². The van der Waals surface area contributed by atoms with E-state index in [4.69, 9.17) is 19.4 Å². The minimum atomic E-state index is -1.01. The Hall–Kier alpha value is -7.37. The number of nitrogens with zero attached hydrogens (tertiary/aromatic N) is 4. The molecule has 0 radical (unpaired) electrons. The van der Waals surface area contributed by atoms with Crippen molar-refractivity contribution in [3.63, 3.8) is 0 Å². The summed E-state index contributed by atoms with van der Waals surface area (Å²) in [6.07, 6.45) is 0.775. The van der Waals surface area contributed by atoms with Crippen molar-refractivity contribution >= 4 is 44.1 Å². The van der Waals surface area contributed by atoms with E-state index in [-0.39, 0.29) is 5.92 Å². The third-order valence-electron chi connectivity index (χ3n) is 12.5. The molecule has 0 fully saturated rings. The van der Waals surface area contributed by atoms with Crippen molar-refractivity contribution in [3.05, 3.63) is 210 Å². The Kier molecular flexibility index (Phi) is 7.12. The summed E-state index contributed by atoms with van der Waals surface area (Å²) in [4.78, 5) is 19.3. The van der Waals surface area contributed by atoms with Gasteiger partial charge in [-0.15, -0.1) is 0 Å². The zero-order chi connectivity index (χ0) is 38.4. The minimum Gasteiger partial charge on any atom is -0.456 e. The largest absolute Gasteiger partial charge is 0.456 e. The van der Waals surface area contributed by atoms with E-state index in [1.54, 1.807) is 0 Å². The van der Waals surface area contributed by atoms with Gasteiger partial charge in [-0.25, -0.2) is 15.0 Å². The van der Waals surface area contributed by atoms with Crippen LogP contribution in [0.3, 0.4) is 0 Å². The molecule has 274 valence electrons. The highest BCUT2D eigenvalue weighted by molar-refractivity contribution is 6.14. The molecule has 10 aromatic rings. The lowest BCUT2D eigenvalue weighted by Gasteiger charge is -2.51. The van der Waals surface area contributed by atoms with E-state index in [0.29, 0.717) is 17.5 Å². The summed E-state index contributed by atoms with van der Waals surface area (Å²) in [7, 11) is 0. The molecule has 0 saturated heterocycles. The van der Waals surface area contributed by atoms with Gasteiger partial charge in [0.25, 0.3) is 0 Å². The van der Waals surface area contributed by atoms with Crippen LogP contribution in [0.25, 0.3) is 66.6 Å². The van der Waals surface area contributed by atoms with E-state index in [9.17, 15) is 0 Å². The molecule has 2 atom stereocenters. The van der Waals surface area contributed by atoms with Gasteiger partial charge in [0.15, 0.2) is 17.5 Å². The second-order valence-corrected chi connectivity index (χ2v) is 15.5. The Labute approximate surface area is 335 Å². The van der Waals surface area contributed by atoms with Gasteiger partial charge in [-0.2, -0.15) is 0 Å². The van der Waals surface area contributed by atoms with Crippen molar-refractivity contribution in [1.82, 2.24) is 15.0 Å². The Morgan fingerprint density at radius 2 is 1.22 bits per heavy atom. The average Bonchev–Trinajstić information content (AvgIpc) is 3.69. The SMILES string of the molecule is CC1c2cccc3oc4cccc(c4c23)-c2nc(-c3ccccc3)nc(n2)C1(c1ccccc1)N1c2ccccc2Cc2c1cc1ccccc1c2-c1ccccc1. The van der Waals surface area contributed by atoms with Gasteiger partial charge >= 0.3 is 0 Å². The number of fused-ring (bicyclic) bond motifs is 6. The molecule has 2 unspecified atom stereocenters. The molecule has 4 heterocycles. The number of hydrogen-bond donors (Lipinski definition) is 0. The van der Waals surface area contributed by atoms with Gasteiger partial charge < -0.3 is 9.32 Å². The molecule has 12 rings (SSSR count). The van der Waals surface area contributed by atoms with Crippen LogP contribution in [0.2, 0.25) is 0 Å². The fourth-order valence-corrected chi connectivity index (χ4v) is 10.0. The predicted molar refractivity (Wildman–Crippen MR) is 234 cm³/mol. The summed E-state index contributed by atoms with van der Waals surface area (Å²) in [6.45, 7) is 2.36. The zero-order valence-corrected chi connectivity index (χ0v) is 31.8. The maximum atomic E-state index is 6.70. The lowest BCUT2D eigenvalue weighted by molar-refractivity contribution is 0.412. The lowest BCUT2D eigenvalue weighted by atomic mass is 9.70. The highest BCUT2D eigenvalue weighted by atomic mass is 16.3. The van der Waals surface area contributed by atoms with Crippen molar-refractivity contribution in [2.24, 2.45) is 0 Å². The van der Waals surface area contributed by atoms with Gasteiger partial charge in [-0.05, 0) is 68.4 Å². The zero-order valence-electron chi connectivity index (χ0n) is 31.8. The van der Waals surface area contributed by atoms with Crippen molar-refractivity contribution < 1.29 is 4.42 Å². The number of aromatic nitrogens is 3. The number of para-hydroxylation sites is 1. The molecule has 5 nitrogen and oxygen atoms in total. The van der Waals surface area contributed by atoms with Crippen molar-refractivity contribution in [1.29, 1.82) is 0 Å². The normalized spacial score (nSPS) is 16.8. The molecule has 2 aliphatic heterocycles. The van der Waals surface area contributed by atoms with Gasteiger partial charge in [0, 0.05) is 45.6 Å². The maximum absolute atomic E-state index is 6.70. The van der Waals surface area contributed by atoms with E-state index >= 15 is 0 Å². The molecule has 5 heteroatoms. The molecule has 0 amide bonds. The van der Waals surface area contributed by atoms with Crippen LogP contribution < -0.4 is 4.90 Å². The first kappa shape index (κ1) is 32.8. The molecule has 8 aromatic carbocycles. The van der Waals surface area contributed by atoms with Gasteiger partial charge in [-0.1, -0.05) is 165 Å². The van der Waals surface area contributed by atoms with Crippen molar-refractivity contribution in [2.45, 2.75) is 24.8 Å².